The first-order valence-electron chi connectivity index (χ1n) is 31.7. The molecule has 3 fully saturated rings. The summed E-state index contributed by atoms with van der Waals surface area (Å²) in [6.07, 6.45) is 7.25. The van der Waals surface area contributed by atoms with E-state index in [-0.39, 0.29) is 155 Å². The lowest BCUT2D eigenvalue weighted by atomic mass is 9.34. The fourth-order valence-corrected chi connectivity index (χ4v) is 14.7. The Morgan fingerprint density at radius 2 is 1.29 bits per heavy atom. The van der Waals surface area contributed by atoms with Crippen LogP contribution in [0.4, 0.5) is 31.4 Å². The molecule has 0 radical (unpaired) electrons. The van der Waals surface area contributed by atoms with Crippen molar-refractivity contribution in [3.63, 3.8) is 0 Å². The van der Waals surface area contributed by atoms with Crippen LogP contribution in [0.1, 0.15) is 111 Å². The van der Waals surface area contributed by atoms with Gasteiger partial charge < -0.3 is 70.6 Å². The Balaban J connectivity index is 0.711. The molecular weight excluding hydrogens is 1310 g/mol. The number of phosphoric acid groups is 1. The smallest absolute Gasteiger partial charge is 0.445 e. The number of nitrogens with one attached hydrogen (secondary N) is 6. The van der Waals surface area contributed by atoms with Crippen molar-refractivity contribution in [2.45, 2.75) is 116 Å². The van der Waals surface area contributed by atoms with Crippen molar-refractivity contribution in [2.24, 2.45) is 22.5 Å². The summed E-state index contributed by atoms with van der Waals surface area (Å²) in [5, 5.41) is 12.2. The summed E-state index contributed by atoms with van der Waals surface area (Å²) in [6, 6.07) is 6.71. The number of carbonyl (C=O) groups is 10. The highest BCUT2D eigenvalue weighted by Gasteiger charge is 2.76. The number of carbonyl (C=O) groups excluding carboxylic acids is 10. The SMILES string of the molecule is Cc1c[nH]c2c(OP(=O)(O)O)cc3c(c12)C(CCl)CN3C(=O)C12CC(C(=O)N3C[C@@H](CCl)c4c3cc(OC(=O)N(C)CCN(C)C(=O)OCc3ccc(NC(=O)C(CCCNC(N)=O)NC(=O)C(NC(=O)CCCCCN5C(=O)C=CC5=O)C(C)C)cc3)c3[nH]cc(C)c43)(C1)C2. The molecule has 5 heterocycles. The first-order chi connectivity index (χ1) is 45.6. The number of hydrogen-bond donors (Lipinski definition) is 9. The maximum absolute atomic E-state index is 14.9. The molecule has 3 aliphatic carbocycles. The second kappa shape index (κ2) is 28.6. The van der Waals surface area contributed by atoms with E-state index in [2.05, 4.69) is 31.2 Å². The molecule has 6 aliphatic rings. The molecule has 0 saturated heterocycles. The molecule has 3 unspecified atom stereocenters. The maximum atomic E-state index is 14.9. The van der Waals surface area contributed by atoms with E-state index in [1.165, 1.54) is 42.1 Å². The molecule has 11 amide bonds. The number of likely N-dealkylation sites (N-methyl/N-ethyl adjacent to an activating group) is 2. The van der Waals surface area contributed by atoms with Crippen molar-refractivity contribution < 1.29 is 76.3 Å². The van der Waals surface area contributed by atoms with Crippen molar-refractivity contribution in [3.05, 3.63) is 88.8 Å². The number of aromatic nitrogens is 2. The van der Waals surface area contributed by atoms with Crippen molar-refractivity contribution >= 4 is 129 Å². The van der Waals surface area contributed by atoms with E-state index in [1.54, 1.807) is 66.4 Å². The van der Waals surface area contributed by atoms with Gasteiger partial charge in [-0.3, -0.25) is 48.2 Å². The minimum atomic E-state index is -4.99. The zero-order chi connectivity index (χ0) is 69.3. The fourth-order valence-electron chi connectivity index (χ4n) is 13.8. The molecule has 5 aromatic rings. The van der Waals surface area contributed by atoms with Gasteiger partial charge in [0.15, 0.2) is 11.5 Å². The molecule has 11 rings (SSSR count). The number of alkyl halides is 2. The molecular formula is C65H79Cl2N12O16P. The van der Waals surface area contributed by atoms with Gasteiger partial charge in [0, 0.05) is 137 Å². The van der Waals surface area contributed by atoms with Gasteiger partial charge >= 0.3 is 26.0 Å². The molecule has 10 N–H and O–H groups in total. The minimum Gasteiger partial charge on any atom is -0.445 e. The number of urea groups is 1. The highest BCUT2D eigenvalue weighted by molar-refractivity contribution is 7.46. The van der Waals surface area contributed by atoms with Crippen molar-refractivity contribution in [3.8, 4) is 11.5 Å². The number of primary amides is 1. The summed E-state index contributed by atoms with van der Waals surface area (Å²) in [5.74, 6) is -3.21. The number of phosphoric ester groups is 1. The quantitative estimate of drug-likeness (QED) is 0.0104. The molecule has 3 aromatic carbocycles. The first kappa shape index (κ1) is 70.1. The Kier molecular flexibility index (Phi) is 20.9. The predicted octanol–water partition coefficient (Wildman–Crippen LogP) is 7.14. The number of unbranched alkanes of at least 4 members (excludes halogenated alkanes) is 2. The third-order valence-electron chi connectivity index (χ3n) is 18.7. The number of H-pyrrole nitrogens is 2. The summed E-state index contributed by atoms with van der Waals surface area (Å²) < 4.78 is 28.9. The number of nitrogens with two attached hydrogens (primary N) is 1. The van der Waals surface area contributed by atoms with Crippen LogP contribution < -0.4 is 46.1 Å². The highest BCUT2D eigenvalue weighted by Crippen LogP contribution is 2.75. The molecule has 4 atom stereocenters. The summed E-state index contributed by atoms with van der Waals surface area (Å²) in [4.78, 5) is 165. The van der Waals surface area contributed by atoms with Crippen LogP contribution in [0.5, 0.6) is 11.5 Å². The van der Waals surface area contributed by atoms with Gasteiger partial charge in [-0.05, 0) is 105 Å². The number of anilines is 3. The van der Waals surface area contributed by atoms with E-state index in [1.807, 2.05) is 13.8 Å². The summed E-state index contributed by atoms with van der Waals surface area (Å²) in [6.45, 7) is 7.99. The number of aryl methyl sites for hydroxylation is 2. The third-order valence-corrected chi connectivity index (χ3v) is 19.9. The van der Waals surface area contributed by atoms with Gasteiger partial charge in [0.2, 0.25) is 29.5 Å². The predicted molar refractivity (Wildman–Crippen MR) is 355 cm³/mol. The van der Waals surface area contributed by atoms with Crippen LogP contribution in [0, 0.1) is 30.6 Å². The van der Waals surface area contributed by atoms with E-state index >= 15 is 0 Å². The number of nitrogens with zero attached hydrogens (tertiary/aromatic N) is 5. The van der Waals surface area contributed by atoms with E-state index in [9.17, 15) is 62.3 Å². The number of amides is 11. The molecule has 31 heteroatoms. The summed E-state index contributed by atoms with van der Waals surface area (Å²) >= 11 is 13.2. The Labute approximate surface area is 562 Å². The van der Waals surface area contributed by atoms with Gasteiger partial charge in [0.1, 0.15) is 18.7 Å². The standard InChI is InChI=1S/C65H79Cl2N12O16P/c1-35(2)54(74-47(80)12-8-7-9-20-77-48(81)17-18-49(77)82)58(84)73-42(11-10-19-69-61(68)87)57(83)72-41-15-13-38(14-16-41)31-93-62(88)75(5)21-22-76(6)63(89)94-45-23-43-52(50-36(3)27-70-55(45)50)39(25-66)29-78(43)59(85)64-32-65(33-64,34-64)60(86)79-30-40(26-67)53-44(79)24-46(95-96(90,91)92)56-51(53)37(4)28-71-56/h13-18,23-24,27-28,35,39-40,42,54,70-71H,7-12,19-22,25-26,29-34H2,1-6H3,(H,72,83)(H,73,84)(H,74,80)(H3,68,69,87)(H2,90,91,92)/t39-,40?,42?,54?,64?,65?/m1/s1. The normalized spacial score (nSPS) is 19.7. The van der Waals surface area contributed by atoms with Crippen LogP contribution >= 0.6 is 31.0 Å². The number of benzene rings is 3. The lowest BCUT2D eigenvalue weighted by Gasteiger charge is -2.69. The Morgan fingerprint density at radius 3 is 1.82 bits per heavy atom. The zero-order valence-electron chi connectivity index (χ0n) is 54.0. The first-order valence-corrected chi connectivity index (χ1v) is 34.3. The van der Waals surface area contributed by atoms with Gasteiger partial charge in [-0.2, -0.15) is 0 Å². The van der Waals surface area contributed by atoms with Gasteiger partial charge in [-0.1, -0.05) is 32.4 Å². The van der Waals surface area contributed by atoms with Gasteiger partial charge in [-0.15, -0.1) is 23.2 Å². The summed E-state index contributed by atoms with van der Waals surface area (Å²) in [5.41, 5.74) is 9.57. The van der Waals surface area contributed by atoms with E-state index in [0.717, 1.165) is 32.5 Å². The number of fused-ring (bicyclic) bond motifs is 6. The van der Waals surface area contributed by atoms with Crippen molar-refractivity contribution in [2.75, 3.05) is 80.2 Å². The van der Waals surface area contributed by atoms with Crippen LogP contribution in [0.15, 0.2) is 60.9 Å². The zero-order valence-corrected chi connectivity index (χ0v) is 56.4. The maximum Gasteiger partial charge on any atom is 0.524 e. The fraction of sp³-hybridized carbons (Fsp3) is 0.477. The monoisotopic (exact) mass is 1380 g/mol. The second-order valence-electron chi connectivity index (χ2n) is 26.0. The van der Waals surface area contributed by atoms with E-state index in [4.69, 9.17) is 42.9 Å². The van der Waals surface area contributed by atoms with Crippen molar-refractivity contribution in [1.82, 2.24) is 40.6 Å². The number of aromatic amines is 2. The Hall–Kier alpha value is -8.69. The molecule has 96 heavy (non-hydrogen) atoms. The topological polar surface area (TPSA) is 378 Å². The van der Waals surface area contributed by atoms with Crippen LogP contribution in [-0.4, -0.2) is 171 Å². The van der Waals surface area contributed by atoms with Gasteiger partial charge in [0.25, 0.3) is 11.8 Å². The number of hydrogen-bond acceptors (Lipinski definition) is 14. The van der Waals surface area contributed by atoms with E-state index in [0.29, 0.717) is 58.3 Å². The number of rotatable bonds is 28. The van der Waals surface area contributed by atoms with Crippen LogP contribution in [-0.2, 0) is 49.5 Å². The molecule has 2 bridgehead atoms. The van der Waals surface area contributed by atoms with Crippen LogP contribution in [0.2, 0.25) is 0 Å². The minimum absolute atomic E-state index is 0.0249. The summed E-state index contributed by atoms with van der Waals surface area (Å²) in [7, 11) is -1.98. The lowest BCUT2D eigenvalue weighted by Crippen LogP contribution is -2.73. The molecule has 28 nitrogen and oxygen atoms in total. The van der Waals surface area contributed by atoms with Gasteiger partial charge in [-0.25, -0.2) is 18.9 Å². The Morgan fingerprint density at radius 1 is 0.750 bits per heavy atom. The lowest BCUT2D eigenvalue weighted by molar-refractivity contribution is -0.205. The molecule has 2 aromatic heterocycles. The molecule has 3 saturated carbocycles. The third kappa shape index (κ3) is 14.5. The van der Waals surface area contributed by atoms with Crippen molar-refractivity contribution in [1.29, 1.82) is 0 Å². The highest BCUT2D eigenvalue weighted by atomic mass is 35.5. The van der Waals surface area contributed by atoms with Crippen LogP contribution in [0.3, 0.4) is 0 Å². The van der Waals surface area contributed by atoms with E-state index < -0.39 is 60.8 Å². The Bertz CT molecular complexity index is 3980. The van der Waals surface area contributed by atoms with Gasteiger partial charge in [0.05, 0.1) is 33.2 Å². The molecule has 3 aliphatic heterocycles. The average molecular weight is 1390 g/mol. The van der Waals surface area contributed by atoms with Crippen LogP contribution in [0.25, 0.3) is 21.8 Å². The number of ether oxygens (including phenoxy) is 2. The largest absolute Gasteiger partial charge is 0.524 e. The second-order valence-corrected chi connectivity index (χ2v) is 27.8. The molecule has 514 valence electrons. The average Bonchev–Trinajstić information content (AvgIpc) is 0.908. The number of imide groups is 1. The number of halogens is 2. The molecule has 0 spiro atoms.